The summed E-state index contributed by atoms with van der Waals surface area (Å²) in [5.74, 6) is 0. The molecule has 0 aliphatic rings. The van der Waals surface area contributed by atoms with Crippen molar-refractivity contribution in [2.45, 2.75) is 0 Å². The van der Waals surface area contributed by atoms with Crippen molar-refractivity contribution < 1.29 is 0 Å². The van der Waals surface area contributed by atoms with Gasteiger partial charge in [-0.3, -0.25) is 9.97 Å². The molecule has 4 aromatic carbocycles. The van der Waals surface area contributed by atoms with E-state index in [-0.39, 0.29) is 0 Å². The van der Waals surface area contributed by atoms with Crippen LogP contribution in [0.2, 0.25) is 0 Å². The zero-order chi connectivity index (χ0) is 26.5. The molecule has 0 spiro atoms. The molecule has 188 valence electrons. The highest BCUT2D eigenvalue weighted by atomic mass is 32.1. The van der Waals surface area contributed by atoms with E-state index in [9.17, 15) is 0 Å². The lowest BCUT2D eigenvalue weighted by atomic mass is 9.88. The maximum absolute atomic E-state index is 4.88. The van der Waals surface area contributed by atoms with Crippen LogP contribution >= 0.6 is 22.7 Å². The summed E-state index contributed by atoms with van der Waals surface area (Å²) in [5.41, 5.74) is 6.42. The van der Waals surface area contributed by atoms with Crippen LogP contribution in [-0.4, -0.2) is 9.97 Å². The second kappa shape index (κ2) is 9.53. The van der Waals surface area contributed by atoms with E-state index >= 15 is 0 Å². The minimum absolute atomic E-state index is 0.910. The van der Waals surface area contributed by atoms with Crippen molar-refractivity contribution >= 4 is 74.2 Å². The molecular formula is C36H22N2S2. The molecule has 0 unspecified atom stereocenters. The van der Waals surface area contributed by atoms with Gasteiger partial charge in [-0.15, -0.1) is 22.7 Å². The number of pyridine rings is 2. The molecule has 0 radical (unpaired) electrons. The van der Waals surface area contributed by atoms with Gasteiger partial charge in [0.25, 0.3) is 0 Å². The number of benzene rings is 4. The summed E-state index contributed by atoms with van der Waals surface area (Å²) >= 11 is 3.72. The highest BCUT2D eigenvalue weighted by molar-refractivity contribution is 7.26. The molecule has 2 nitrogen and oxygen atoms in total. The molecular weight excluding hydrogens is 525 g/mol. The van der Waals surface area contributed by atoms with Crippen LogP contribution in [0.25, 0.3) is 51.5 Å². The van der Waals surface area contributed by atoms with Gasteiger partial charge in [0.1, 0.15) is 0 Å². The first-order valence-corrected chi connectivity index (χ1v) is 14.9. The maximum atomic E-state index is 4.88. The molecule has 0 bridgehead atoms. The predicted molar refractivity (Wildman–Crippen MR) is 172 cm³/mol. The van der Waals surface area contributed by atoms with Crippen LogP contribution in [0.1, 0.15) is 22.5 Å². The van der Waals surface area contributed by atoms with E-state index in [1.807, 2.05) is 47.2 Å². The van der Waals surface area contributed by atoms with Crippen molar-refractivity contribution in [1.29, 1.82) is 0 Å². The summed E-state index contributed by atoms with van der Waals surface area (Å²) in [5, 5.41) is 5.14. The van der Waals surface area contributed by atoms with E-state index in [1.165, 1.54) is 51.5 Å². The number of rotatable bonds is 4. The number of fused-ring (bicyclic) bond motifs is 6. The van der Waals surface area contributed by atoms with E-state index in [0.29, 0.717) is 0 Å². The minimum Gasteiger partial charge on any atom is -0.256 e. The van der Waals surface area contributed by atoms with Crippen molar-refractivity contribution in [3.8, 4) is 0 Å². The van der Waals surface area contributed by atoms with E-state index in [1.54, 1.807) is 0 Å². The SMILES string of the molecule is c1ccc(C(=C(c2cccc3c2sc2ccccc23)c2cccc3c2sc2ccccc23)c2ccccn2)nc1. The van der Waals surface area contributed by atoms with Crippen LogP contribution in [0.15, 0.2) is 134 Å². The number of aromatic nitrogens is 2. The molecule has 0 aliphatic heterocycles. The molecule has 4 heteroatoms. The second-order valence-corrected chi connectivity index (χ2v) is 11.8. The Kier molecular flexibility index (Phi) is 5.54. The molecule has 40 heavy (non-hydrogen) atoms. The third kappa shape index (κ3) is 3.69. The molecule has 0 saturated carbocycles. The van der Waals surface area contributed by atoms with Crippen LogP contribution in [-0.2, 0) is 0 Å². The normalized spacial score (nSPS) is 11.5. The fraction of sp³-hybridized carbons (Fsp3) is 0. The summed E-state index contributed by atoms with van der Waals surface area (Å²) in [4.78, 5) is 9.76. The summed E-state index contributed by atoms with van der Waals surface area (Å²) < 4.78 is 5.14. The van der Waals surface area contributed by atoms with Crippen molar-refractivity contribution in [3.05, 3.63) is 156 Å². The molecule has 0 aliphatic carbocycles. The third-order valence-corrected chi connectivity index (χ3v) is 9.88. The molecule has 4 aromatic heterocycles. The van der Waals surface area contributed by atoms with Crippen molar-refractivity contribution in [3.63, 3.8) is 0 Å². The Bertz CT molecular complexity index is 2050. The molecule has 0 saturated heterocycles. The van der Waals surface area contributed by atoms with Crippen molar-refractivity contribution in [1.82, 2.24) is 9.97 Å². The summed E-state index contributed by atoms with van der Waals surface area (Å²) in [7, 11) is 0. The molecule has 0 N–H and O–H groups in total. The van der Waals surface area contributed by atoms with Gasteiger partial charge in [-0.2, -0.15) is 0 Å². The van der Waals surface area contributed by atoms with Crippen LogP contribution in [0, 0.1) is 0 Å². The maximum Gasteiger partial charge on any atom is 0.0730 e. The smallest absolute Gasteiger partial charge is 0.0730 e. The Morgan fingerprint density at radius 3 is 1.32 bits per heavy atom. The van der Waals surface area contributed by atoms with Crippen LogP contribution in [0.4, 0.5) is 0 Å². The molecule has 0 atom stereocenters. The summed E-state index contributed by atoms with van der Waals surface area (Å²) in [6.07, 6.45) is 3.74. The van der Waals surface area contributed by atoms with Crippen LogP contribution in [0.3, 0.4) is 0 Å². The first-order valence-electron chi connectivity index (χ1n) is 13.3. The zero-order valence-corrected chi connectivity index (χ0v) is 23.0. The topological polar surface area (TPSA) is 25.8 Å². The van der Waals surface area contributed by atoms with Gasteiger partial charge in [0.15, 0.2) is 0 Å². The van der Waals surface area contributed by atoms with Gasteiger partial charge >= 0.3 is 0 Å². The highest BCUT2D eigenvalue weighted by Gasteiger charge is 2.23. The Morgan fingerprint density at radius 1 is 0.400 bits per heavy atom. The zero-order valence-electron chi connectivity index (χ0n) is 21.4. The Balaban J connectivity index is 1.58. The number of nitrogens with zero attached hydrogens (tertiary/aromatic N) is 2. The molecule has 8 aromatic rings. The molecule has 0 fully saturated rings. The van der Waals surface area contributed by atoms with Gasteiger partial charge < -0.3 is 0 Å². The van der Waals surface area contributed by atoms with Gasteiger partial charge in [-0.05, 0) is 36.4 Å². The van der Waals surface area contributed by atoms with Gasteiger partial charge in [0.05, 0.1) is 11.4 Å². The molecule has 4 heterocycles. The van der Waals surface area contributed by atoms with Crippen molar-refractivity contribution in [2.24, 2.45) is 0 Å². The lowest BCUT2D eigenvalue weighted by Crippen LogP contribution is -2.01. The Labute approximate surface area is 239 Å². The number of hydrogen-bond acceptors (Lipinski definition) is 4. The third-order valence-electron chi connectivity index (χ3n) is 7.44. The number of thiophene rings is 2. The quantitative estimate of drug-likeness (QED) is 0.219. The van der Waals surface area contributed by atoms with E-state index in [4.69, 9.17) is 9.97 Å². The van der Waals surface area contributed by atoms with Gasteiger partial charge in [0, 0.05) is 75.0 Å². The number of hydrogen-bond donors (Lipinski definition) is 0. The lowest BCUT2D eigenvalue weighted by Gasteiger charge is -2.18. The van der Waals surface area contributed by atoms with Crippen molar-refractivity contribution in [2.75, 3.05) is 0 Å². The van der Waals surface area contributed by atoms with E-state index in [2.05, 4.69) is 109 Å². The Hall–Kier alpha value is -4.64. The van der Waals surface area contributed by atoms with Crippen LogP contribution in [0.5, 0.6) is 0 Å². The monoisotopic (exact) mass is 546 g/mol. The fourth-order valence-corrected chi connectivity index (χ4v) is 8.16. The van der Waals surface area contributed by atoms with Gasteiger partial charge in [0.2, 0.25) is 0 Å². The fourth-order valence-electron chi connectivity index (χ4n) is 5.71. The second-order valence-electron chi connectivity index (χ2n) is 9.74. The largest absolute Gasteiger partial charge is 0.256 e. The predicted octanol–water partition coefficient (Wildman–Crippen LogP) is 10.2. The average molecular weight is 547 g/mol. The first-order chi connectivity index (χ1) is 19.9. The van der Waals surface area contributed by atoms with Gasteiger partial charge in [-0.1, -0.05) is 84.9 Å². The summed E-state index contributed by atoms with van der Waals surface area (Å²) in [6.45, 7) is 0. The lowest BCUT2D eigenvalue weighted by molar-refractivity contribution is 1.22. The molecule has 8 rings (SSSR count). The Morgan fingerprint density at radius 2 is 0.850 bits per heavy atom. The average Bonchev–Trinajstić information content (AvgIpc) is 3.60. The first kappa shape index (κ1) is 23.3. The van der Waals surface area contributed by atoms with E-state index < -0.39 is 0 Å². The standard InChI is InChI=1S/C36H22N2S2/c1-3-19-31-23(11-1)25-13-9-15-27(35(25)39-31)33(34(29-17-5-7-21-37-29)30-18-6-8-22-38-30)28-16-10-14-26-24-12-2-4-20-32(24)40-36(26)28/h1-22H. The highest BCUT2D eigenvalue weighted by Crippen LogP contribution is 2.46. The summed E-state index contributed by atoms with van der Waals surface area (Å²) in [6, 6.07) is 43.1. The molecule has 0 amide bonds. The van der Waals surface area contributed by atoms with E-state index in [0.717, 1.165) is 22.5 Å². The minimum atomic E-state index is 0.910. The van der Waals surface area contributed by atoms with Gasteiger partial charge in [-0.25, -0.2) is 0 Å². The van der Waals surface area contributed by atoms with Crippen LogP contribution < -0.4 is 0 Å².